The molecule has 7 nitrogen and oxygen atoms in total. The van der Waals surface area contributed by atoms with Gasteiger partial charge in [-0.1, -0.05) is 18.2 Å². The van der Waals surface area contributed by atoms with Crippen LogP contribution >= 0.6 is 24.0 Å². The second-order valence-corrected chi connectivity index (χ2v) is 7.30. The highest BCUT2D eigenvalue weighted by Gasteiger charge is 2.21. The minimum atomic E-state index is 0. The Bertz CT molecular complexity index is 805. The fraction of sp³-hybridized carbons (Fsp3) is 0.455. The molecule has 0 saturated carbocycles. The van der Waals surface area contributed by atoms with Gasteiger partial charge in [0.2, 0.25) is 5.88 Å². The summed E-state index contributed by atoms with van der Waals surface area (Å²) in [6, 6.07) is 11.4. The van der Waals surface area contributed by atoms with Crippen molar-refractivity contribution in [3.63, 3.8) is 0 Å². The lowest BCUT2D eigenvalue weighted by atomic mass is 10.2. The van der Waals surface area contributed by atoms with Gasteiger partial charge in [0.1, 0.15) is 5.75 Å². The largest absolute Gasteiger partial charge is 0.506 e. The molecule has 2 heterocycles. The molecule has 2 N–H and O–H groups in total. The van der Waals surface area contributed by atoms with Gasteiger partial charge in [-0.3, -0.25) is 0 Å². The third-order valence-corrected chi connectivity index (χ3v) is 4.70. The van der Waals surface area contributed by atoms with E-state index in [-0.39, 0.29) is 30.1 Å². The van der Waals surface area contributed by atoms with Gasteiger partial charge < -0.3 is 25.0 Å². The van der Waals surface area contributed by atoms with E-state index in [1.807, 2.05) is 50.4 Å². The predicted molar refractivity (Wildman–Crippen MR) is 132 cm³/mol. The number of aromatic nitrogens is 1. The third kappa shape index (κ3) is 6.65. The molecule has 1 aromatic heterocycles. The van der Waals surface area contributed by atoms with Gasteiger partial charge >= 0.3 is 0 Å². The van der Waals surface area contributed by atoms with Crippen LogP contribution in [-0.4, -0.2) is 59.8 Å². The van der Waals surface area contributed by atoms with Crippen LogP contribution in [0.25, 0.3) is 0 Å². The van der Waals surface area contributed by atoms with Crippen LogP contribution in [0.1, 0.15) is 26.3 Å². The van der Waals surface area contributed by atoms with E-state index in [9.17, 15) is 5.11 Å². The number of phenols is 1. The number of pyridine rings is 1. The van der Waals surface area contributed by atoms with E-state index in [4.69, 9.17) is 9.73 Å². The first-order chi connectivity index (χ1) is 14.1. The average Bonchev–Trinajstić information content (AvgIpc) is 2.72. The lowest BCUT2D eigenvalue weighted by Crippen LogP contribution is -2.52. The predicted octanol–water partition coefficient (Wildman–Crippen LogP) is 3.48. The fourth-order valence-corrected chi connectivity index (χ4v) is 3.30. The molecular weight excluding hydrogens is 493 g/mol. The molecule has 1 fully saturated rings. The summed E-state index contributed by atoms with van der Waals surface area (Å²) in [6.07, 6.45) is 1.93. The Morgan fingerprint density at radius 2 is 1.90 bits per heavy atom. The lowest BCUT2D eigenvalue weighted by Gasteiger charge is -2.37. The number of nitrogens with zero attached hydrogens (tertiary/aromatic N) is 4. The third-order valence-electron chi connectivity index (χ3n) is 4.70. The van der Waals surface area contributed by atoms with E-state index in [0.29, 0.717) is 18.2 Å². The van der Waals surface area contributed by atoms with Crippen LogP contribution in [0.3, 0.4) is 0 Å². The van der Waals surface area contributed by atoms with Crippen molar-refractivity contribution in [1.82, 2.24) is 15.2 Å². The van der Waals surface area contributed by atoms with Crippen LogP contribution in [0.2, 0.25) is 0 Å². The number of benzene rings is 1. The van der Waals surface area contributed by atoms with Crippen molar-refractivity contribution in [3.05, 3.63) is 48.2 Å². The standard InChI is InChI=1S/C22H31N5O2.HI/c1-4-23-22(25-16-18-9-10-21(24-15-18)29-17(2)3)27-13-11-26(12-14-27)19-7-5-6-8-20(19)28;/h5-10,15,17,28H,4,11-14,16H2,1-3H3,(H,23,25);1H. The number of aromatic hydroxyl groups is 1. The summed E-state index contributed by atoms with van der Waals surface area (Å²) in [5.41, 5.74) is 1.94. The Labute approximate surface area is 196 Å². The highest BCUT2D eigenvalue weighted by molar-refractivity contribution is 14.0. The molecule has 0 unspecified atom stereocenters. The molecule has 1 aromatic carbocycles. The van der Waals surface area contributed by atoms with E-state index in [2.05, 4.69) is 27.0 Å². The molecule has 2 aromatic rings. The number of anilines is 1. The zero-order chi connectivity index (χ0) is 20.6. The van der Waals surface area contributed by atoms with Crippen LogP contribution in [-0.2, 0) is 6.54 Å². The van der Waals surface area contributed by atoms with E-state index in [1.54, 1.807) is 6.07 Å². The zero-order valence-electron chi connectivity index (χ0n) is 17.9. The number of rotatable bonds is 6. The summed E-state index contributed by atoms with van der Waals surface area (Å²) in [6.45, 7) is 10.8. The summed E-state index contributed by atoms with van der Waals surface area (Å²) in [4.78, 5) is 13.6. The Morgan fingerprint density at radius 3 is 2.50 bits per heavy atom. The molecule has 1 aliphatic heterocycles. The summed E-state index contributed by atoms with van der Waals surface area (Å²) in [5.74, 6) is 1.88. The quantitative estimate of drug-likeness (QED) is 0.342. The van der Waals surface area contributed by atoms with Gasteiger partial charge in [-0.2, -0.15) is 0 Å². The molecule has 1 aliphatic rings. The molecule has 0 radical (unpaired) electrons. The van der Waals surface area contributed by atoms with Gasteiger partial charge in [-0.15, -0.1) is 24.0 Å². The molecule has 30 heavy (non-hydrogen) atoms. The van der Waals surface area contributed by atoms with Crippen molar-refractivity contribution < 1.29 is 9.84 Å². The van der Waals surface area contributed by atoms with E-state index < -0.39 is 0 Å². The Balaban J connectivity index is 0.00000320. The van der Waals surface area contributed by atoms with Crippen molar-refractivity contribution in [2.24, 2.45) is 4.99 Å². The van der Waals surface area contributed by atoms with Gasteiger partial charge in [-0.05, 0) is 38.5 Å². The minimum Gasteiger partial charge on any atom is -0.506 e. The van der Waals surface area contributed by atoms with Crippen molar-refractivity contribution in [1.29, 1.82) is 0 Å². The lowest BCUT2D eigenvalue weighted by molar-refractivity contribution is 0.232. The maximum absolute atomic E-state index is 10.1. The first kappa shape index (κ1) is 24.0. The van der Waals surface area contributed by atoms with Crippen molar-refractivity contribution in [3.8, 4) is 11.6 Å². The highest BCUT2D eigenvalue weighted by atomic mass is 127. The molecule has 1 saturated heterocycles. The number of aliphatic imine (C=N–C) groups is 1. The van der Waals surface area contributed by atoms with Crippen molar-refractivity contribution in [2.45, 2.75) is 33.4 Å². The fourth-order valence-electron chi connectivity index (χ4n) is 3.30. The normalized spacial score (nSPS) is 14.5. The minimum absolute atomic E-state index is 0. The Kier molecular flexibility index (Phi) is 9.48. The molecule has 0 amide bonds. The first-order valence-corrected chi connectivity index (χ1v) is 10.2. The monoisotopic (exact) mass is 525 g/mol. The Morgan fingerprint density at radius 1 is 1.17 bits per heavy atom. The number of piperazine rings is 1. The number of hydrogen-bond acceptors (Lipinski definition) is 5. The summed E-state index contributed by atoms with van der Waals surface area (Å²) >= 11 is 0. The number of halogens is 1. The van der Waals surface area contributed by atoms with Crippen LogP contribution in [0.4, 0.5) is 5.69 Å². The van der Waals surface area contributed by atoms with Gasteiger partial charge in [0.05, 0.1) is 18.3 Å². The van der Waals surface area contributed by atoms with E-state index in [0.717, 1.165) is 49.9 Å². The number of para-hydroxylation sites is 2. The molecule has 0 atom stereocenters. The number of hydrogen-bond donors (Lipinski definition) is 2. The van der Waals surface area contributed by atoms with Crippen molar-refractivity contribution >= 4 is 35.6 Å². The number of nitrogens with one attached hydrogen (secondary N) is 1. The summed E-state index contributed by atoms with van der Waals surface area (Å²) < 4.78 is 5.59. The van der Waals surface area contributed by atoms with E-state index in [1.165, 1.54) is 0 Å². The van der Waals surface area contributed by atoms with Gasteiger partial charge in [-0.25, -0.2) is 9.98 Å². The zero-order valence-corrected chi connectivity index (χ0v) is 20.2. The number of ether oxygens (including phenoxy) is 1. The average molecular weight is 525 g/mol. The Hall–Kier alpha value is -2.23. The van der Waals surface area contributed by atoms with Crippen molar-refractivity contribution in [2.75, 3.05) is 37.6 Å². The number of guanidine groups is 1. The molecule has 0 spiro atoms. The molecule has 3 rings (SSSR count). The second kappa shape index (κ2) is 11.8. The summed E-state index contributed by atoms with van der Waals surface area (Å²) in [7, 11) is 0. The van der Waals surface area contributed by atoms with Gasteiger partial charge in [0.15, 0.2) is 5.96 Å². The van der Waals surface area contributed by atoms with E-state index >= 15 is 0 Å². The number of phenolic OH excluding ortho intramolecular Hbond substituents is 1. The molecule has 0 aliphatic carbocycles. The van der Waals surface area contributed by atoms with Gasteiger partial charge in [0.25, 0.3) is 0 Å². The molecule has 164 valence electrons. The molecular formula is C22H32IN5O2. The van der Waals surface area contributed by atoms with Crippen LogP contribution in [0.15, 0.2) is 47.6 Å². The summed E-state index contributed by atoms with van der Waals surface area (Å²) in [5, 5.41) is 13.5. The maximum Gasteiger partial charge on any atom is 0.213 e. The highest BCUT2D eigenvalue weighted by Crippen LogP contribution is 2.27. The second-order valence-electron chi connectivity index (χ2n) is 7.30. The van der Waals surface area contributed by atoms with Crippen LogP contribution in [0.5, 0.6) is 11.6 Å². The SMILES string of the molecule is CCNC(=NCc1ccc(OC(C)C)nc1)N1CCN(c2ccccc2O)CC1.I. The first-order valence-electron chi connectivity index (χ1n) is 10.2. The van der Waals surface area contributed by atoms with Crippen LogP contribution in [0, 0.1) is 0 Å². The topological polar surface area (TPSA) is 73.2 Å². The smallest absolute Gasteiger partial charge is 0.213 e. The molecule has 8 heteroatoms. The van der Waals surface area contributed by atoms with Gasteiger partial charge in [0, 0.05) is 45.0 Å². The van der Waals surface area contributed by atoms with Crippen LogP contribution < -0.4 is 15.0 Å². The molecule has 0 bridgehead atoms. The maximum atomic E-state index is 10.1.